The maximum atomic E-state index is 12.9. The highest BCUT2D eigenvalue weighted by atomic mass is 32.2. The van der Waals surface area contributed by atoms with Crippen LogP contribution in [0.4, 0.5) is 5.69 Å². The quantitative estimate of drug-likeness (QED) is 0.404. The van der Waals surface area contributed by atoms with Gasteiger partial charge in [-0.3, -0.25) is 10.1 Å². The molecule has 0 N–H and O–H groups in total. The van der Waals surface area contributed by atoms with Gasteiger partial charge in [0.1, 0.15) is 5.75 Å². The lowest BCUT2D eigenvalue weighted by molar-refractivity contribution is -0.385. The van der Waals surface area contributed by atoms with Crippen LogP contribution >= 0.6 is 11.8 Å². The molecule has 2 aromatic rings. The molecule has 2 rings (SSSR count). The lowest BCUT2D eigenvalue weighted by atomic mass is 10.2. The number of nitrogens with zero attached hydrogens (tertiary/aromatic N) is 2. The van der Waals surface area contributed by atoms with Crippen molar-refractivity contribution in [3.63, 3.8) is 0 Å². The molecule has 0 radical (unpaired) electrons. The molecule has 0 saturated carbocycles. The zero-order valence-corrected chi connectivity index (χ0v) is 16.6. The Morgan fingerprint density at radius 1 is 1.27 bits per heavy atom. The van der Waals surface area contributed by atoms with Crippen molar-refractivity contribution in [3.8, 4) is 5.75 Å². The third kappa shape index (κ3) is 4.00. The van der Waals surface area contributed by atoms with Gasteiger partial charge < -0.3 is 4.74 Å². The first-order chi connectivity index (χ1) is 12.2. The van der Waals surface area contributed by atoms with Crippen molar-refractivity contribution < 1.29 is 18.1 Å². The number of nitro groups is 1. The highest BCUT2D eigenvalue weighted by molar-refractivity contribution is 7.98. The van der Waals surface area contributed by atoms with Gasteiger partial charge in [0.2, 0.25) is 10.0 Å². The average Bonchev–Trinajstić information content (AvgIpc) is 2.61. The van der Waals surface area contributed by atoms with Crippen molar-refractivity contribution in [2.24, 2.45) is 0 Å². The molecule has 0 spiro atoms. The van der Waals surface area contributed by atoms with Gasteiger partial charge in [-0.25, -0.2) is 8.42 Å². The third-order valence-electron chi connectivity index (χ3n) is 3.99. The summed E-state index contributed by atoms with van der Waals surface area (Å²) in [7, 11) is -0.868. The number of nitro benzene ring substituents is 1. The molecule has 0 saturated heterocycles. The van der Waals surface area contributed by atoms with Gasteiger partial charge in [-0.15, -0.1) is 11.8 Å². The number of thioether (sulfide) groups is 1. The topological polar surface area (TPSA) is 89.8 Å². The molecule has 2 aromatic carbocycles. The van der Waals surface area contributed by atoms with E-state index >= 15 is 0 Å². The van der Waals surface area contributed by atoms with Crippen LogP contribution in [0.2, 0.25) is 0 Å². The van der Waals surface area contributed by atoms with Crippen LogP contribution < -0.4 is 4.74 Å². The molecule has 0 heterocycles. The van der Waals surface area contributed by atoms with Gasteiger partial charge in [-0.2, -0.15) is 4.31 Å². The van der Waals surface area contributed by atoms with Gasteiger partial charge in [0, 0.05) is 30.1 Å². The van der Waals surface area contributed by atoms with E-state index in [1.165, 1.54) is 48.2 Å². The third-order valence-corrected chi connectivity index (χ3v) is 6.72. The molecule has 7 nitrogen and oxygen atoms in total. The van der Waals surface area contributed by atoms with Crippen LogP contribution in [-0.4, -0.2) is 38.1 Å². The molecule has 0 aliphatic heterocycles. The van der Waals surface area contributed by atoms with Gasteiger partial charge in [-0.05, 0) is 36.9 Å². The predicted molar refractivity (Wildman–Crippen MR) is 101 cm³/mol. The molecule has 0 aliphatic carbocycles. The van der Waals surface area contributed by atoms with Crippen LogP contribution in [0.15, 0.2) is 46.2 Å². The number of ether oxygens (including phenoxy) is 1. The Bertz CT molecular complexity index is 929. The van der Waals surface area contributed by atoms with Gasteiger partial charge in [0.25, 0.3) is 5.69 Å². The van der Waals surface area contributed by atoms with Gasteiger partial charge >= 0.3 is 0 Å². The highest BCUT2D eigenvalue weighted by Crippen LogP contribution is 2.30. The van der Waals surface area contributed by atoms with Crippen molar-refractivity contribution in [2.45, 2.75) is 23.3 Å². The van der Waals surface area contributed by atoms with Crippen molar-refractivity contribution in [3.05, 3.63) is 57.6 Å². The molecule has 0 bridgehead atoms. The summed E-state index contributed by atoms with van der Waals surface area (Å²) in [6.45, 7) is 1.56. The summed E-state index contributed by atoms with van der Waals surface area (Å²) >= 11 is 1.54. The molecule has 0 unspecified atom stereocenters. The molecular formula is C17H20N2O5S2. The van der Waals surface area contributed by atoms with Crippen LogP contribution in [-0.2, 0) is 16.6 Å². The molecule has 9 heteroatoms. The Kier molecular flexibility index (Phi) is 6.27. The largest absolute Gasteiger partial charge is 0.496 e. The second-order valence-electron chi connectivity index (χ2n) is 5.61. The fourth-order valence-corrected chi connectivity index (χ4v) is 4.51. The van der Waals surface area contributed by atoms with Crippen molar-refractivity contribution in [1.82, 2.24) is 4.31 Å². The standard InChI is InChI=1S/C17H20N2O5S2/c1-12-14(19(20)21)6-5-7-17(12)26(22,23)18(2)11-13-8-9-16(25-4)15(10-13)24-3/h5-10H,11H2,1-4H3. The minimum atomic E-state index is -3.88. The average molecular weight is 396 g/mol. The van der Waals surface area contributed by atoms with E-state index in [1.807, 2.05) is 18.4 Å². The zero-order chi connectivity index (χ0) is 19.5. The van der Waals surface area contributed by atoms with Gasteiger partial charge in [0.05, 0.1) is 16.9 Å². The number of hydrogen-bond acceptors (Lipinski definition) is 6. The normalized spacial score (nSPS) is 11.6. The fourth-order valence-electron chi connectivity index (χ4n) is 2.57. The Morgan fingerprint density at radius 3 is 2.54 bits per heavy atom. The maximum absolute atomic E-state index is 12.9. The molecule has 0 atom stereocenters. The summed E-state index contributed by atoms with van der Waals surface area (Å²) in [5.41, 5.74) is 0.666. The Morgan fingerprint density at radius 2 is 1.96 bits per heavy atom. The van der Waals surface area contributed by atoms with E-state index in [1.54, 1.807) is 13.2 Å². The van der Waals surface area contributed by atoms with E-state index in [0.717, 1.165) is 10.5 Å². The van der Waals surface area contributed by atoms with E-state index < -0.39 is 14.9 Å². The second kappa shape index (κ2) is 8.07. The zero-order valence-electron chi connectivity index (χ0n) is 14.9. The van der Waals surface area contributed by atoms with E-state index in [-0.39, 0.29) is 22.7 Å². The van der Waals surface area contributed by atoms with E-state index in [0.29, 0.717) is 5.75 Å². The Hall–Kier alpha value is -2.10. The van der Waals surface area contributed by atoms with Crippen molar-refractivity contribution in [1.29, 1.82) is 0 Å². The lowest BCUT2D eigenvalue weighted by Gasteiger charge is -2.19. The molecule has 140 valence electrons. The molecule has 0 amide bonds. The van der Waals surface area contributed by atoms with E-state index in [9.17, 15) is 18.5 Å². The summed E-state index contributed by atoms with van der Waals surface area (Å²) in [6, 6.07) is 9.55. The SMILES string of the molecule is COc1cc(CN(C)S(=O)(=O)c2cccc([N+](=O)[O-])c2C)ccc1SC. The van der Waals surface area contributed by atoms with Crippen molar-refractivity contribution >= 4 is 27.5 Å². The van der Waals surface area contributed by atoms with Crippen molar-refractivity contribution in [2.75, 3.05) is 20.4 Å². The molecule has 0 aliphatic rings. The first kappa shape index (κ1) is 20.2. The Labute approximate surface area is 157 Å². The first-order valence-corrected chi connectivity index (χ1v) is 10.3. The summed E-state index contributed by atoms with van der Waals surface area (Å²) < 4.78 is 32.3. The predicted octanol–water partition coefficient (Wildman–Crippen LogP) is 3.45. The number of methoxy groups -OCH3 is 1. The number of benzene rings is 2. The molecule has 0 fully saturated rings. The minimum Gasteiger partial charge on any atom is -0.496 e. The Balaban J connectivity index is 2.36. The number of hydrogen-bond donors (Lipinski definition) is 0. The van der Waals surface area contributed by atoms with Crippen LogP contribution in [0.5, 0.6) is 5.75 Å². The maximum Gasteiger partial charge on any atom is 0.273 e. The molecule has 26 heavy (non-hydrogen) atoms. The van der Waals surface area contributed by atoms with Gasteiger partial charge in [-0.1, -0.05) is 12.1 Å². The second-order valence-corrected chi connectivity index (χ2v) is 8.47. The smallest absolute Gasteiger partial charge is 0.273 e. The summed E-state index contributed by atoms with van der Waals surface area (Å²) in [6.07, 6.45) is 1.93. The summed E-state index contributed by atoms with van der Waals surface area (Å²) in [5.74, 6) is 0.673. The van der Waals surface area contributed by atoms with E-state index in [2.05, 4.69) is 0 Å². The number of sulfonamides is 1. The molecule has 0 aromatic heterocycles. The molecular weight excluding hydrogens is 376 g/mol. The van der Waals surface area contributed by atoms with Crippen LogP contribution in [0.25, 0.3) is 0 Å². The van der Waals surface area contributed by atoms with Gasteiger partial charge in [0.15, 0.2) is 0 Å². The summed E-state index contributed by atoms with van der Waals surface area (Å²) in [4.78, 5) is 11.4. The summed E-state index contributed by atoms with van der Waals surface area (Å²) in [5, 5.41) is 11.1. The van der Waals surface area contributed by atoms with Crippen LogP contribution in [0.3, 0.4) is 0 Å². The highest BCUT2D eigenvalue weighted by Gasteiger charge is 2.27. The first-order valence-electron chi connectivity index (χ1n) is 7.63. The number of rotatable bonds is 7. The fraction of sp³-hybridized carbons (Fsp3) is 0.294. The lowest BCUT2D eigenvalue weighted by Crippen LogP contribution is -2.27. The van der Waals surface area contributed by atoms with E-state index in [4.69, 9.17) is 4.74 Å². The minimum absolute atomic E-state index is 0.0677. The van der Waals surface area contributed by atoms with Crippen LogP contribution in [0.1, 0.15) is 11.1 Å². The van der Waals surface area contributed by atoms with Crippen LogP contribution in [0, 0.1) is 17.0 Å². The monoisotopic (exact) mass is 396 g/mol.